The van der Waals surface area contributed by atoms with Crippen LogP contribution in [0.2, 0.25) is 0 Å². The van der Waals surface area contributed by atoms with E-state index >= 15 is 0 Å². The van der Waals surface area contributed by atoms with Crippen molar-refractivity contribution in [3.63, 3.8) is 0 Å². The summed E-state index contributed by atoms with van der Waals surface area (Å²) in [6, 6.07) is 4.13. The highest BCUT2D eigenvalue weighted by atomic mass is 16.6. The summed E-state index contributed by atoms with van der Waals surface area (Å²) in [7, 11) is 1.74. The van der Waals surface area contributed by atoms with E-state index in [1.807, 2.05) is 13.8 Å². The van der Waals surface area contributed by atoms with Crippen molar-refractivity contribution < 1.29 is 14.5 Å². The number of nitro benzene ring substituents is 1. The summed E-state index contributed by atoms with van der Waals surface area (Å²) in [5.41, 5.74) is 0.461. The number of rotatable bonds is 5. The molecule has 1 aromatic carbocycles. The van der Waals surface area contributed by atoms with Crippen LogP contribution in [0.25, 0.3) is 0 Å². The minimum Gasteiger partial charge on any atom is -0.491 e. The van der Waals surface area contributed by atoms with Gasteiger partial charge < -0.3 is 15.0 Å². The van der Waals surface area contributed by atoms with Crippen LogP contribution in [0.3, 0.4) is 0 Å². The quantitative estimate of drug-likeness (QED) is 0.663. The number of amides is 1. The molecule has 1 aliphatic heterocycles. The van der Waals surface area contributed by atoms with E-state index in [1.165, 1.54) is 12.1 Å². The van der Waals surface area contributed by atoms with Crippen LogP contribution < -0.4 is 10.1 Å². The Balaban J connectivity index is 2.23. The van der Waals surface area contributed by atoms with Crippen LogP contribution in [0, 0.1) is 10.1 Å². The fraction of sp³-hybridized carbons (Fsp3) is 0.500. The van der Waals surface area contributed by atoms with Crippen LogP contribution in [-0.2, 0) is 4.79 Å². The SMILES string of the molecule is CC(C)Oc1cc(NC2CCN(C)C2=O)cc([N+](=O)[O-])c1. The van der Waals surface area contributed by atoms with Gasteiger partial charge in [-0.15, -0.1) is 0 Å². The van der Waals surface area contributed by atoms with Gasteiger partial charge in [-0.1, -0.05) is 0 Å². The third-order valence-corrected chi connectivity index (χ3v) is 3.24. The second kappa shape index (κ2) is 5.99. The van der Waals surface area contributed by atoms with E-state index in [-0.39, 0.29) is 23.7 Å². The molecule has 2 rings (SSSR count). The van der Waals surface area contributed by atoms with Crippen molar-refractivity contribution in [2.75, 3.05) is 18.9 Å². The highest BCUT2D eigenvalue weighted by Crippen LogP contribution is 2.28. The molecule has 0 spiro atoms. The van der Waals surface area contributed by atoms with Crippen molar-refractivity contribution in [3.05, 3.63) is 28.3 Å². The van der Waals surface area contributed by atoms with Crippen LogP contribution in [0.1, 0.15) is 20.3 Å². The van der Waals surface area contributed by atoms with Crippen LogP contribution in [0.15, 0.2) is 18.2 Å². The number of nitro groups is 1. The molecule has 0 radical (unpaired) electrons. The van der Waals surface area contributed by atoms with E-state index in [2.05, 4.69) is 5.32 Å². The number of hydrogen-bond acceptors (Lipinski definition) is 5. The van der Waals surface area contributed by atoms with Crippen LogP contribution in [0.4, 0.5) is 11.4 Å². The monoisotopic (exact) mass is 293 g/mol. The molecule has 21 heavy (non-hydrogen) atoms. The Kier molecular flexibility index (Phi) is 4.30. The van der Waals surface area contributed by atoms with E-state index in [9.17, 15) is 14.9 Å². The average molecular weight is 293 g/mol. The third-order valence-electron chi connectivity index (χ3n) is 3.24. The first-order valence-electron chi connectivity index (χ1n) is 6.84. The van der Waals surface area contributed by atoms with E-state index in [0.717, 1.165) is 0 Å². The van der Waals surface area contributed by atoms with Gasteiger partial charge in [0.1, 0.15) is 11.8 Å². The lowest BCUT2D eigenvalue weighted by molar-refractivity contribution is -0.384. The van der Waals surface area contributed by atoms with Crippen LogP contribution in [0.5, 0.6) is 5.75 Å². The number of anilines is 1. The first-order valence-corrected chi connectivity index (χ1v) is 6.84. The first kappa shape index (κ1) is 15.1. The van der Waals surface area contributed by atoms with Crippen molar-refractivity contribution >= 4 is 17.3 Å². The molecule has 0 aromatic heterocycles. The van der Waals surface area contributed by atoms with Crippen molar-refractivity contribution in [1.29, 1.82) is 0 Å². The normalized spacial score (nSPS) is 18.2. The zero-order chi connectivity index (χ0) is 15.6. The number of nitrogens with one attached hydrogen (secondary N) is 1. The number of benzene rings is 1. The summed E-state index contributed by atoms with van der Waals surface area (Å²) in [4.78, 5) is 24.0. The van der Waals surface area contributed by atoms with Crippen molar-refractivity contribution in [2.45, 2.75) is 32.4 Å². The van der Waals surface area contributed by atoms with Gasteiger partial charge in [0.2, 0.25) is 5.91 Å². The lowest BCUT2D eigenvalue weighted by Crippen LogP contribution is -2.30. The summed E-state index contributed by atoms with van der Waals surface area (Å²) in [6.07, 6.45) is 0.595. The molecule has 1 atom stereocenters. The number of likely N-dealkylation sites (tertiary alicyclic amines) is 1. The van der Waals surface area contributed by atoms with Gasteiger partial charge in [-0.25, -0.2) is 0 Å². The maximum Gasteiger partial charge on any atom is 0.275 e. The molecule has 114 valence electrons. The molecular formula is C14H19N3O4. The topological polar surface area (TPSA) is 84.7 Å². The minimum absolute atomic E-state index is 0.00664. The number of carbonyl (C=O) groups excluding carboxylic acids is 1. The van der Waals surface area contributed by atoms with Gasteiger partial charge in [0.05, 0.1) is 17.1 Å². The van der Waals surface area contributed by atoms with Crippen molar-refractivity contribution in [2.24, 2.45) is 0 Å². The molecule has 1 unspecified atom stereocenters. The fourth-order valence-electron chi connectivity index (χ4n) is 2.27. The van der Waals surface area contributed by atoms with Gasteiger partial charge >= 0.3 is 0 Å². The molecule has 0 saturated carbocycles. The molecular weight excluding hydrogens is 274 g/mol. The average Bonchev–Trinajstić information content (AvgIpc) is 2.69. The van der Waals surface area contributed by atoms with Crippen molar-refractivity contribution in [1.82, 2.24) is 4.90 Å². The molecule has 1 N–H and O–H groups in total. The van der Waals surface area contributed by atoms with Gasteiger partial charge in [-0.2, -0.15) is 0 Å². The molecule has 1 fully saturated rings. The summed E-state index contributed by atoms with van der Waals surface area (Å²) in [5.74, 6) is 0.410. The summed E-state index contributed by atoms with van der Waals surface area (Å²) < 4.78 is 5.52. The van der Waals surface area contributed by atoms with Crippen LogP contribution in [-0.4, -0.2) is 41.5 Å². The molecule has 7 nitrogen and oxygen atoms in total. The van der Waals surface area contributed by atoms with E-state index < -0.39 is 4.92 Å². The Morgan fingerprint density at radius 1 is 1.43 bits per heavy atom. The second-order valence-electron chi connectivity index (χ2n) is 5.38. The summed E-state index contributed by atoms with van der Waals surface area (Å²) in [5, 5.41) is 14.0. The Morgan fingerprint density at radius 2 is 2.14 bits per heavy atom. The number of carbonyl (C=O) groups is 1. The zero-order valence-corrected chi connectivity index (χ0v) is 12.3. The van der Waals surface area contributed by atoms with Gasteiger partial charge in [0, 0.05) is 31.4 Å². The van der Waals surface area contributed by atoms with Crippen molar-refractivity contribution in [3.8, 4) is 5.75 Å². The highest BCUT2D eigenvalue weighted by molar-refractivity contribution is 5.86. The minimum atomic E-state index is -0.471. The van der Waals surface area contributed by atoms with E-state index in [4.69, 9.17) is 4.74 Å². The zero-order valence-electron chi connectivity index (χ0n) is 12.3. The second-order valence-corrected chi connectivity index (χ2v) is 5.38. The predicted molar refractivity (Wildman–Crippen MR) is 78.5 cm³/mol. The molecule has 7 heteroatoms. The Bertz CT molecular complexity index is 559. The predicted octanol–water partition coefficient (Wildman–Crippen LogP) is 2.02. The molecule has 1 heterocycles. The fourth-order valence-corrected chi connectivity index (χ4v) is 2.27. The van der Waals surface area contributed by atoms with Gasteiger partial charge in [-0.3, -0.25) is 14.9 Å². The van der Waals surface area contributed by atoms with Gasteiger partial charge in [0.15, 0.2) is 0 Å². The Labute approximate surface area is 123 Å². The van der Waals surface area contributed by atoms with E-state index in [1.54, 1.807) is 18.0 Å². The smallest absolute Gasteiger partial charge is 0.275 e. The number of nitrogens with zero attached hydrogens (tertiary/aromatic N) is 2. The maximum atomic E-state index is 11.9. The molecule has 1 saturated heterocycles. The number of hydrogen-bond donors (Lipinski definition) is 1. The lowest BCUT2D eigenvalue weighted by atomic mass is 10.2. The first-order chi connectivity index (χ1) is 9.86. The molecule has 1 amide bonds. The summed E-state index contributed by atoms with van der Waals surface area (Å²) in [6.45, 7) is 4.38. The third kappa shape index (κ3) is 3.62. The molecule has 1 aliphatic rings. The molecule has 1 aromatic rings. The lowest BCUT2D eigenvalue weighted by Gasteiger charge is -2.15. The van der Waals surface area contributed by atoms with Crippen LogP contribution >= 0.6 is 0 Å². The number of likely N-dealkylation sites (N-methyl/N-ethyl adjacent to an activating group) is 1. The maximum absolute atomic E-state index is 11.9. The molecule has 0 aliphatic carbocycles. The van der Waals surface area contributed by atoms with Gasteiger partial charge in [0.25, 0.3) is 5.69 Å². The Morgan fingerprint density at radius 3 is 2.67 bits per heavy atom. The number of ether oxygens (including phenoxy) is 1. The number of non-ortho nitro benzene ring substituents is 1. The molecule has 0 bridgehead atoms. The largest absolute Gasteiger partial charge is 0.491 e. The standard InChI is InChI=1S/C14H19N3O4/c1-9(2)21-12-7-10(6-11(8-12)17(19)20)15-13-4-5-16(3)14(13)18/h6-9,13,15H,4-5H2,1-3H3. The highest BCUT2D eigenvalue weighted by Gasteiger charge is 2.29. The van der Waals surface area contributed by atoms with E-state index in [0.29, 0.717) is 24.4 Å². The van der Waals surface area contributed by atoms with Gasteiger partial charge in [-0.05, 0) is 20.3 Å². The Hall–Kier alpha value is -2.31. The summed E-state index contributed by atoms with van der Waals surface area (Å²) >= 11 is 0.